The van der Waals surface area contributed by atoms with E-state index in [2.05, 4.69) is 29.1 Å². The number of amides is 1. The van der Waals surface area contributed by atoms with Gasteiger partial charge in [0, 0.05) is 6.21 Å². The van der Waals surface area contributed by atoms with Crippen LogP contribution in [0.15, 0.2) is 40.3 Å². The molecule has 0 bridgehead atoms. The van der Waals surface area contributed by atoms with Gasteiger partial charge < -0.3 is 16.2 Å². The van der Waals surface area contributed by atoms with Gasteiger partial charge in [0.2, 0.25) is 0 Å². The van der Waals surface area contributed by atoms with Crippen LogP contribution in [0.2, 0.25) is 0 Å². The van der Waals surface area contributed by atoms with Gasteiger partial charge in [0.05, 0.1) is 12.6 Å². The molecule has 1 amide bonds. The summed E-state index contributed by atoms with van der Waals surface area (Å²) < 4.78 is 0. The molecule has 3 atom stereocenters. The van der Waals surface area contributed by atoms with Crippen molar-refractivity contribution >= 4 is 24.1 Å². The Morgan fingerprint density at radius 1 is 1.30 bits per heavy atom. The number of carbonyl (C=O) groups excluding carboxylic acids is 1. The quantitative estimate of drug-likeness (QED) is 0.444. The largest absolute Gasteiger partial charge is 0.480 e. The number of guanidine groups is 1. The number of fused-ring (bicyclic) bond motifs is 1. The van der Waals surface area contributed by atoms with Crippen molar-refractivity contribution in [3.05, 3.63) is 35.9 Å². The molecule has 1 fully saturated rings. The smallest absolute Gasteiger partial charge is 0.321 e. The van der Waals surface area contributed by atoms with Crippen LogP contribution in [0.5, 0.6) is 0 Å². The second-order valence-corrected chi connectivity index (χ2v) is 8.16. The van der Waals surface area contributed by atoms with Gasteiger partial charge in [0.15, 0.2) is 5.96 Å². The summed E-state index contributed by atoms with van der Waals surface area (Å²) in [7, 11) is 0. The summed E-state index contributed by atoms with van der Waals surface area (Å²) in [6, 6.07) is 8.37. The number of carboxylic acid groups (broad SMARTS) is 1. The van der Waals surface area contributed by atoms with Gasteiger partial charge in [-0.25, -0.2) is 9.98 Å². The van der Waals surface area contributed by atoms with Crippen molar-refractivity contribution in [3.63, 3.8) is 0 Å². The fourth-order valence-electron chi connectivity index (χ4n) is 5.02. The fourth-order valence-corrected chi connectivity index (χ4v) is 5.02. The van der Waals surface area contributed by atoms with E-state index in [-0.39, 0.29) is 11.9 Å². The molecule has 2 aliphatic rings. The lowest BCUT2D eigenvalue weighted by Crippen LogP contribution is -2.62. The van der Waals surface area contributed by atoms with Crippen molar-refractivity contribution in [2.45, 2.75) is 70.7 Å². The average Bonchev–Trinajstić information content (AvgIpc) is 3.06. The number of rotatable bonds is 8. The lowest BCUT2D eigenvalue weighted by molar-refractivity contribution is -0.144. The lowest BCUT2D eigenvalue weighted by atomic mass is 9.72. The van der Waals surface area contributed by atoms with Crippen molar-refractivity contribution in [2.75, 3.05) is 0 Å². The summed E-state index contributed by atoms with van der Waals surface area (Å²) in [6.45, 7) is 4.54. The van der Waals surface area contributed by atoms with Gasteiger partial charge >= 0.3 is 5.97 Å². The van der Waals surface area contributed by atoms with E-state index in [1.54, 1.807) is 4.90 Å². The van der Waals surface area contributed by atoms with Crippen LogP contribution in [0.25, 0.3) is 0 Å². The van der Waals surface area contributed by atoms with Gasteiger partial charge in [-0.3, -0.25) is 14.5 Å². The van der Waals surface area contributed by atoms with Crippen molar-refractivity contribution in [1.29, 1.82) is 0 Å². The van der Waals surface area contributed by atoms with E-state index in [0.717, 1.165) is 31.2 Å². The summed E-state index contributed by atoms with van der Waals surface area (Å²) in [6.07, 6.45) is 4.63. The molecule has 1 aromatic carbocycles. The predicted octanol–water partition coefficient (Wildman–Crippen LogP) is 2.14. The van der Waals surface area contributed by atoms with Gasteiger partial charge in [-0.05, 0) is 30.2 Å². The average molecular weight is 414 g/mol. The Hall–Kier alpha value is -2.74. The molecule has 4 N–H and O–H groups in total. The second-order valence-electron chi connectivity index (χ2n) is 8.16. The Bertz CT molecular complexity index is 817. The third-order valence-electron chi connectivity index (χ3n) is 6.09. The van der Waals surface area contributed by atoms with E-state index >= 15 is 0 Å². The summed E-state index contributed by atoms with van der Waals surface area (Å²) >= 11 is 0. The number of benzene rings is 1. The Balaban J connectivity index is 1.86. The molecule has 0 aliphatic carbocycles. The van der Waals surface area contributed by atoms with Gasteiger partial charge in [-0.1, -0.05) is 57.0 Å². The number of aliphatic imine (C=N–C) groups is 2. The Morgan fingerprint density at radius 3 is 2.57 bits per heavy atom. The van der Waals surface area contributed by atoms with Gasteiger partial charge in [-0.2, -0.15) is 0 Å². The molecule has 0 radical (unpaired) electrons. The molecule has 30 heavy (non-hydrogen) atoms. The molecular formula is C22H31N5O3. The van der Waals surface area contributed by atoms with Crippen LogP contribution >= 0.6 is 0 Å². The molecule has 3 unspecified atom stereocenters. The standard InChI is InChI=1S/C22H31N5O3/c1-3-10-22(11-4-2)12-16(20(29)30)27-17(14-24-19(28)18(22)27)26-21(23)25-13-15-8-6-5-7-9-15/h5-9,14,16-18H,3-4,10-13H2,1-2H3,(H,29,30)(H3,23,25,26). The Kier molecular flexibility index (Phi) is 6.87. The molecule has 0 spiro atoms. The SMILES string of the molecule is CCCC1(CCC)CC(C(=O)O)N2C(NC(N)=NCc3ccccc3)C=NC(=O)C21. The number of hydrogen-bond acceptors (Lipinski definition) is 4. The van der Waals surface area contributed by atoms with E-state index in [1.165, 1.54) is 6.21 Å². The van der Waals surface area contributed by atoms with Crippen LogP contribution in [-0.2, 0) is 16.1 Å². The minimum Gasteiger partial charge on any atom is -0.480 e. The monoisotopic (exact) mass is 413 g/mol. The molecule has 2 heterocycles. The van der Waals surface area contributed by atoms with E-state index in [1.807, 2.05) is 30.3 Å². The van der Waals surface area contributed by atoms with Gasteiger partial charge in [0.1, 0.15) is 12.2 Å². The minimum atomic E-state index is -0.927. The summed E-state index contributed by atoms with van der Waals surface area (Å²) in [5.74, 6) is -1.00. The fraction of sp³-hybridized carbons (Fsp3) is 0.545. The Labute approximate surface area is 177 Å². The number of hydrogen-bond donors (Lipinski definition) is 3. The van der Waals surface area contributed by atoms with Crippen molar-refractivity contribution < 1.29 is 14.7 Å². The van der Waals surface area contributed by atoms with Crippen molar-refractivity contribution in [3.8, 4) is 0 Å². The van der Waals surface area contributed by atoms with Gasteiger partial charge in [0.25, 0.3) is 5.91 Å². The molecule has 162 valence electrons. The van der Waals surface area contributed by atoms with Crippen LogP contribution in [0.1, 0.15) is 51.5 Å². The first-order valence-electron chi connectivity index (χ1n) is 10.6. The number of aliphatic carboxylic acids is 1. The maximum Gasteiger partial charge on any atom is 0.321 e. The molecule has 1 saturated heterocycles. The third-order valence-corrected chi connectivity index (χ3v) is 6.09. The zero-order chi connectivity index (χ0) is 21.7. The molecule has 2 aliphatic heterocycles. The highest BCUT2D eigenvalue weighted by atomic mass is 16.4. The first-order chi connectivity index (χ1) is 14.4. The normalized spacial score (nSPS) is 25.9. The molecule has 0 aromatic heterocycles. The molecular weight excluding hydrogens is 382 g/mol. The summed E-state index contributed by atoms with van der Waals surface area (Å²) in [5, 5.41) is 13.0. The second kappa shape index (κ2) is 9.38. The van der Waals surface area contributed by atoms with Crippen LogP contribution in [0, 0.1) is 5.41 Å². The number of carbonyl (C=O) groups is 2. The van der Waals surface area contributed by atoms with Crippen molar-refractivity contribution in [1.82, 2.24) is 10.2 Å². The summed E-state index contributed by atoms with van der Waals surface area (Å²) in [4.78, 5) is 35.2. The first-order valence-corrected chi connectivity index (χ1v) is 10.6. The van der Waals surface area contributed by atoms with E-state index in [9.17, 15) is 14.7 Å². The maximum absolute atomic E-state index is 12.8. The highest BCUT2D eigenvalue weighted by molar-refractivity contribution is 5.96. The summed E-state index contributed by atoms with van der Waals surface area (Å²) in [5.41, 5.74) is 6.72. The number of nitrogens with one attached hydrogen (secondary N) is 1. The number of nitrogens with two attached hydrogens (primary N) is 1. The molecule has 1 aromatic rings. The van der Waals surface area contributed by atoms with E-state index in [4.69, 9.17) is 5.73 Å². The molecule has 8 nitrogen and oxygen atoms in total. The van der Waals surface area contributed by atoms with E-state index < -0.39 is 29.6 Å². The van der Waals surface area contributed by atoms with Gasteiger partial charge in [-0.15, -0.1) is 0 Å². The highest BCUT2D eigenvalue weighted by Gasteiger charge is 2.59. The Morgan fingerprint density at radius 2 is 1.97 bits per heavy atom. The molecule has 0 saturated carbocycles. The van der Waals surface area contributed by atoms with Crippen LogP contribution in [0.3, 0.4) is 0 Å². The minimum absolute atomic E-state index is 0.191. The first kappa shape index (κ1) is 22.0. The molecule has 8 heteroatoms. The van der Waals surface area contributed by atoms with Crippen LogP contribution < -0.4 is 11.1 Å². The number of nitrogens with zero attached hydrogens (tertiary/aromatic N) is 3. The topological polar surface area (TPSA) is 120 Å². The number of carboxylic acids is 1. The highest BCUT2D eigenvalue weighted by Crippen LogP contribution is 2.49. The zero-order valence-electron chi connectivity index (χ0n) is 17.6. The maximum atomic E-state index is 12.8. The third kappa shape index (κ3) is 4.38. The van der Waals surface area contributed by atoms with Crippen LogP contribution in [-0.4, -0.2) is 52.3 Å². The van der Waals surface area contributed by atoms with Crippen LogP contribution in [0.4, 0.5) is 0 Å². The van der Waals surface area contributed by atoms with Crippen molar-refractivity contribution in [2.24, 2.45) is 21.1 Å². The van der Waals surface area contributed by atoms with E-state index in [0.29, 0.717) is 13.0 Å². The predicted molar refractivity (Wildman–Crippen MR) is 116 cm³/mol. The molecule has 3 rings (SSSR count). The zero-order valence-corrected chi connectivity index (χ0v) is 17.6. The lowest BCUT2D eigenvalue weighted by Gasteiger charge is -2.40.